The highest BCUT2D eigenvalue weighted by molar-refractivity contribution is 5.88. The van der Waals surface area contributed by atoms with E-state index in [1.807, 2.05) is 18.9 Å². The van der Waals surface area contributed by atoms with Gasteiger partial charge in [-0.1, -0.05) is 12.1 Å². The first-order valence-electron chi connectivity index (χ1n) is 6.33. The van der Waals surface area contributed by atoms with Gasteiger partial charge in [-0.05, 0) is 26.5 Å². The summed E-state index contributed by atoms with van der Waals surface area (Å²) < 4.78 is 19.5. The van der Waals surface area contributed by atoms with Crippen molar-refractivity contribution in [1.82, 2.24) is 4.90 Å². The van der Waals surface area contributed by atoms with E-state index in [1.54, 1.807) is 12.1 Å². The molecule has 2 rings (SSSR count). The molecule has 0 spiro atoms. The molecule has 1 aromatic rings. The number of aromatic carboxylic acids is 1. The van der Waals surface area contributed by atoms with E-state index < -0.39 is 11.8 Å². The molecule has 1 aliphatic heterocycles. The predicted octanol–water partition coefficient (Wildman–Crippen LogP) is 2.13. The predicted molar refractivity (Wildman–Crippen MR) is 68.6 cm³/mol. The summed E-state index contributed by atoms with van der Waals surface area (Å²) in [6.45, 7) is 3.09. The fourth-order valence-electron chi connectivity index (χ4n) is 2.55. The number of rotatable bonds is 4. The Kier molecular flexibility index (Phi) is 4.17. The molecule has 0 amide bonds. The van der Waals surface area contributed by atoms with Crippen LogP contribution >= 0.6 is 0 Å². The molecule has 4 nitrogen and oxygen atoms in total. The van der Waals surface area contributed by atoms with E-state index in [1.165, 1.54) is 6.07 Å². The second-order valence-electron chi connectivity index (χ2n) is 4.93. The van der Waals surface area contributed by atoms with Crippen LogP contribution in [0.25, 0.3) is 0 Å². The second kappa shape index (κ2) is 5.67. The Morgan fingerprint density at radius 1 is 1.58 bits per heavy atom. The molecule has 1 aromatic carbocycles. The lowest BCUT2D eigenvalue weighted by Gasteiger charge is -2.26. The van der Waals surface area contributed by atoms with Gasteiger partial charge in [-0.15, -0.1) is 0 Å². The summed E-state index contributed by atoms with van der Waals surface area (Å²) in [7, 11) is 1.91. The molecule has 1 heterocycles. The van der Waals surface area contributed by atoms with Crippen LogP contribution in [0.5, 0.6) is 0 Å². The highest BCUT2D eigenvalue weighted by atomic mass is 19.1. The summed E-state index contributed by atoms with van der Waals surface area (Å²) in [5.41, 5.74) is 0.128. The van der Waals surface area contributed by atoms with Crippen LogP contribution in [0.4, 0.5) is 4.39 Å². The summed E-state index contributed by atoms with van der Waals surface area (Å²) in [6, 6.07) is 4.72. The molecule has 1 saturated heterocycles. The number of nitrogens with zero attached hydrogens (tertiary/aromatic N) is 1. The number of hydrogen-bond donors (Lipinski definition) is 1. The minimum Gasteiger partial charge on any atom is -0.478 e. The van der Waals surface area contributed by atoms with Crippen LogP contribution in [0, 0.1) is 5.82 Å². The van der Waals surface area contributed by atoms with Crippen LogP contribution in [-0.4, -0.2) is 41.8 Å². The van der Waals surface area contributed by atoms with E-state index in [0.717, 1.165) is 6.42 Å². The Morgan fingerprint density at radius 2 is 2.32 bits per heavy atom. The van der Waals surface area contributed by atoms with Gasteiger partial charge < -0.3 is 9.84 Å². The van der Waals surface area contributed by atoms with Crippen LogP contribution < -0.4 is 0 Å². The van der Waals surface area contributed by atoms with Crippen molar-refractivity contribution in [3.8, 4) is 0 Å². The second-order valence-corrected chi connectivity index (χ2v) is 4.93. The van der Waals surface area contributed by atoms with Crippen molar-refractivity contribution in [3.63, 3.8) is 0 Å². The minimum atomic E-state index is -1.24. The van der Waals surface area contributed by atoms with Crippen LogP contribution in [0.15, 0.2) is 18.2 Å². The average molecular weight is 267 g/mol. The van der Waals surface area contributed by atoms with Gasteiger partial charge in [0, 0.05) is 24.8 Å². The standard InChI is InChI=1S/C14H18FNO3/c1-9-12(6-7-19-9)16(2)8-10-4-3-5-11(13(10)15)14(17)18/h3-5,9,12H,6-8H2,1-2H3,(H,17,18). The highest BCUT2D eigenvalue weighted by Gasteiger charge is 2.28. The van der Waals surface area contributed by atoms with Gasteiger partial charge >= 0.3 is 5.97 Å². The maximum absolute atomic E-state index is 14.0. The third-order valence-corrected chi connectivity index (χ3v) is 3.63. The van der Waals surface area contributed by atoms with Crippen molar-refractivity contribution in [2.24, 2.45) is 0 Å². The number of carbonyl (C=O) groups is 1. The number of benzene rings is 1. The van der Waals surface area contributed by atoms with Gasteiger partial charge in [0.1, 0.15) is 5.82 Å². The van der Waals surface area contributed by atoms with Crippen molar-refractivity contribution >= 4 is 5.97 Å². The van der Waals surface area contributed by atoms with Crippen molar-refractivity contribution < 1.29 is 19.0 Å². The SMILES string of the molecule is CC1OCCC1N(C)Cc1cccc(C(=O)O)c1F. The molecule has 0 radical (unpaired) electrons. The molecule has 1 fully saturated rings. The fraction of sp³-hybridized carbons (Fsp3) is 0.500. The normalized spacial score (nSPS) is 22.9. The van der Waals surface area contributed by atoms with E-state index in [-0.39, 0.29) is 17.7 Å². The number of carboxylic acids is 1. The van der Waals surface area contributed by atoms with Gasteiger partial charge in [-0.25, -0.2) is 9.18 Å². The zero-order valence-corrected chi connectivity index (χ0v) is 11.1. The fourth-order valence-corrected chi connectivity index (χ4v) is 2.55. The lowest BCUT2D eigenvalue weighted by Crippen LogP contribution is -2.36. The average Bonchev–Trinajstić information content (AvgIpc) is 2.77. The Hall–Kier alpha value is -1.46. The molecule has 2 unspecified atom stereocenters. The number of halogens is 1. The van der Waals surface area contributed by atoms with E-state index in [0.29, 0.717) is 18.7 Å². The first-order chi connectivity index (χ1) is 9.00. The van der Waals surface area contributed by atoms with Crippen LogP contribution in [0.3, 0.4) is 0 Å². The summed E-state index contributed by atoms with van der Waals surface area (Å²) in [5.74, 6) is -1.88. The first-order valence-corrected chi connectivity index (χ1v) is 6.33. The van der Waals surface area contributed by atoms with Gasteiger partial charge in [-0.3, -0.25) is 4.90 Å². The molecular formula is C14H18FNO3. The van der Waals surface area contributed by atoms with Gasteiger partial charge in [0.15, 0.2) is 0 Å². The molecule has 0 saturated carbocycles. The molecule has 0 aliphatic carbocycles. The highest BCUT2D eigenvalue weighted by Crippen LogP contribution is 2.21. The van der Waals surface area contributed by atoms with Crippen LogP contribution in [0.1, 0.15) is 29.3 Å². The molecule has 5 heteroatoms. The molecule has 0 bridgehead atoms. The molecule has 1 N–H and O–H groups in total. The smallest absolute Gasteiger partial charge is 0.338 e. The topological polar surface area (TPSA) is 49.8 Å². The molecule has 0 aromatic heterocycles. The lowest BCUT2D eigenvalue weighted by atomic mass is 10.1. The Bertz CT molecular complexity index is 478. The van der Waals surface area contributed by atoms with E-state index in [4.69, 9.17) is 9.84 Å². The van der Waals surface area contributed by atoms with Crippen molar-refractivity contribution in [2.45, 2.75) is 32.0 Å². The maximum Gasteiger partial charge on any atom is 0.338 e. The van der Waals surface area contributed by atoms with Gasteiger partial charge in [0.25, 0.3) is 0 Å². The van der Waals surface area contributed by atoms with Gasteiger partial charge in [0.05, 0.1) is 11.7 Å². The Morgan fingerprint density at radius 3 is 2.89 bits per heavy atom. The maximum atomic E-state index is 14.0. The summed E-state index contributed by atoms with van der Waals surface area (Å²) >= 11 is 0. The Balaban J connectivity index is 2.15. The monoisotopic (exact) mass is 267 g/mol. The largest absolute Gasteiger partial charge is 0.478 e. The molecule has 104 valence electrons. The number of carboxylic acid groups (broad SMARTS) is 1. The minimum absolute atomic E-state index is 0.121. The van der Waals surface area contributed by atoms with E-state index in [2.05, 4.69) is 0 Å². The van der Waals surface area contributed by atoms with E-state index in [9.17, 15) is 9.18 Å². The third-order valence-electron chi connectivity index (χ3n) is 3.63. The van der Waals surface area contributed by atoms with Crippen LogP contribution in [0.2, 0.25) is 0 Å². The quantitative estimate of drug-likeness (QED) is 0.908. The third kappa shape index (κ3) is 2.93. The molecule has 2 atom stereocenters. The molecule has 19 heavy (non-hydrogen) atoms. The van der Waals surface area contributed by atoms with Crippen molar-refractivity contribution in [2.75, 3.05) is 13.7 Å². The number of ether oxygens (including phenoxy) is 1. The van der Waals surface area contributed by atoms with E-state index >= 15 is 0 Å². The first kappa shape index (κ1) is 14.0. The van der Waals surface area contributed by atoms with Crippen molar-refractivity contribution in [1.29, 1.82) is 0 Å². The Labute approximate surface area is 111 Å². The van der Waals surface area contributed by atoms with Crippen LogP contribution in [-0.2, 0) is 11.3 Å². The molecule has 1 aliphatic rings. The zero-order valence-electron chi connectivity index (χ0n) is 11.1. The summed E-state index contributed by atoms with van der Waals surface area (Å²) in [6.07, 6.45) is 1.04. The van der Waals surface area contributed by atoms with Gasteiger partial charge in [-0.2, -0.15) is 0 Å². The number of hydrogen-bond acceptors (Lipinski definition) is 3. The summed E-state index contributed by atoms with van der Waals surface area (Å²) in [5, 5.41) is 8.90. The molecular weight excluding hydrogens is 249 g/mol. The lowest BCUT2D eigenvalue weighted by molar-refractivity contribution is 0.0689. The number of likely N-dealkylation sites (N-methyl/N-ethyl adjacent to an activating group) is 1. The zero-order chi connectivity index (χ0) is 14.0. The van der Waals surface area contributed by atoms with Crippen molar-refractivity contribution in [3.05, 3.63) is 35.1 Å². The van der Waals surface area contributed by atoms with Gasteiger partial charge in [0.2, 0.25) is 0 Å². The summed E-state index contributed by atoms with van der Waals surface area (Å²) in [4.78, 5) is 12.9.